The van der Waals surface area contributed by atoms with E-state index in [0.717, 1.165) is 10.5 Å². The largest absolute Gasteiger partial charge is 0.314 e. The van der Waals surface area contributed by atoms with Crippen molar-refractivity contribution in [2.24, 2.45) is 0 Å². The number of nitrogens with zero attached hydrogens (tertiary/aromatic N) is 3. The van der Waals surface area contributed by atoms with Crippen LogP contribution in [-0.4, -0.2) is 48.7 Å². The fraction of sp³-hybridized carbons (Fsp3) is 0.154. The van der Waals surface area contributed by atoms with Crippen molar-refractivity contribution in [1.82, 2.24) is 4.90 Å². The van der Waals surface area contributed by atoms with Gasteiger partial charge in [-0.2, -0.15) is 0 Å². The van der Waals surface area contributed by atoms with E-state index in [0.29, 0.717) is 11.4 Å². The van der Waals surface area contributed by atoms with Gasteiger partial charge in [-0.15, -0.1) is 0 Å². The minimum Gasteiger partial charge on any atom is -0.314 e. The Morgan fingerprint density at radius 2 is 1.27 bits per heavy atom. The zero-order valence-corrected chi connectivity index (χ0v) is 18.4. The molecular formula is C26H23N3O4. The van der Waals surface area contributed by atoms with Crippen LogP contribution < -0.4 is 9.80 Å². The monoisotopic (exact) mass is 441 g/mol. The van der Waals surface area contributed by atoms with Crippen LogP contribution in [0.25, 0.3) is 0 Å². The molecular weight excluding hydrogens is 418 g/mol. The normalized spacial score (nSPS) is 12.5. The molecule has 1 aliphatic rings. The van der Waals surface area contributed by atoms with Crippen molar-refractivity contribution in [3.05, 3.63) is 95.6 Å². The molecule has 0 radical (unpaired) electrons. The highest BCUT2D eigenvalue weighted by atomic mass is 16.2. The maximum Gasteiger partial charge on any atom is 0.262 e. The predicted octanol–water partition coefficient (Wildman–Crippen LogP) is 3.29. The van der Waals surface area contributed by atoms with Gasteiger partial charge in [0.2, 0.25) is 11.8 Å². The van der Waals surface area contributed by atoms with Gasteiger partial charge in [0.25, 0.3) is 11.8 Å². The van der Waals surface area contributed by atoms with E-state index >= 15 is 0 Å². The van der Waals surface area contributed by atoms with E-state index in [4.69, 9.17) is 0 Å². The highest BCUT2D eigenvalue weighted by Crippen LogP contribution is 2.23. The number of anilines is 2. The van der Waals surface area contributed by atoms with Crippen LogP contribution >= 0.6 is 0 Å². The molecule has 0 spiro atoms. The van der Waals surface area contributed by atoms with Gasteiger partial charge in [-0.3, -0.25) is 24.1 Å². The number of para-hydroxylation sites is 1. The average molecular weight is 441 g/mol. The van der Waals surface area contributed by atoms with Gasteiger partial charge in [0.15, 0.2) is 0 Å². The van der Waals surface area contributed by atoms with Crippen LogP contribution in [0.3, 0.4) is 0 Å². The molecule has 1 aliphatic heterocycles. The van der Waals surface area contributed by atoms with Gasteiger partial charge in [-0.1, -0.05) is 48.0 Å². The van der Waals surface area contributed by atoms with Gasteiger partial charge in [0, 0.05) is 18.4 Å². The Morgan fingerprint density at radius 1 is 0.727 bits per heavy atom. The molecule has 0 saturated heterocycles. The third kappa shape index (κ3) is 4.39. The van der Waals surface area contributed by atoms with Crippen LogP contribution in [0.2, 0.25) is 0 Å². The van der Waals surface area contributed by atoms with Gasteiger partial charge in [0.1, 0.15) is 13.1 Å². The lowest BCUT2D eigenvalue weighted by Gasteiger charge is -2.27. The molecule has 4 amide bonds. The maximum atomic E-state index is 13.3. The van der Waals surface area contributed by atoms with Crippen molar-refractivity contribution < 1.29 is 19.2 Å². The van der Waals surface area contributed by atoms with E-state index in [1.807, 2.05) is 31.2 Å². The Labute approximate surface area is 191 Å². The SMILES string of the molecule is Cc1ccc(N(C)C(=O)CN(C(=O)CN2C(=O)c3ccccc3C2=O)c2ccccc2)cc1. The number of carbonyl (C=O) groups is 4. The summed E-state index contributed by atoms with van der Waals surface area (Å²) in [6.45, 7) is 1.26. The summed E-state index contributed by atoms with van der Waals surface area (Å²) in [6, 6.07) is 22.7. The molecule has 3 aromatic rings. The second-order valence-electron chi connectivity index (χ2n) is 7.85. The number of rotatable bonds is 6. The Morgan fingerprint density at radius 3 is 1.85 bits per heavy atom. The number of hydrogen-bond donors (Lipinski definition) is 0. The van der Waals surface area contributed by atoms with Gasteiger partial charge >= 0.3 is 0 Å². The minimum absolute atomic E-state index is 0.240. The van der Waals surface area contributed by atoms with Gasteiger partial charge < -0.3 is 9.80 Å². The first-order chi connectivity index (χ1) is 15.9. The third-order valence-electron chi connectivity index (χ3n) is 5.63. The van der Waals surface area contributed by atoms with E-state index < -0.39 is 24.3 Å². The molecule has 33 heavy (non-hydrogen) atoms. The highest BCUT2D eigenvalue weighted by Gasteiger charge is 2.37. The van der Waals surface area contributed by atoms with Crippen LogP contribution in [0.5, 0.6) is 0 Å². The molecule has 0 bridgehead atoms. The number of amides is 4. The molecule has 166 valence electrons. The van der Waals surface area contributed by atoms with Crippen molar-refractivity contribution in [3.8, 4) is 0 Å². The predicted molar refractivity (Wildman–Crippen MR) is 125 cm³/mol. The zero-order chi connectivity index (χ0) is 23.5. The summed E-state index contributed by atoms with van der Waals surface area (Å²) in [5.74, 6) is -1.86. The summed E-state index contributed by atoms with van der Waals surface area (Å²) in [7, 11) is 1.64. The molecule has 7 heteroatoms. The molecule has 0 saturated carbocycles. The number of hydrogen-bond acceptors (Lipinski definition) is 4. The molecule has 4 rings (SSSR count). The smallest absolute Gasteiger partial charge is 0.262 e. The van der Waals surface area contributed by atoms with Crippen molar-refractivity contribution in [3.63, 3.8) is 0 Å². The molecule has 0 N–H and O–H groups in total. The molecule has 3 aromatic carbocycles. The summed E-state index contributed by atoms with van der Waals surface area (Å²) in [5.41, 5.74) is 2.83. The minimum atomic E-state index is -0.527. The van der Waals surface area contributed by atoms with Crippen LogP contribution in [0, 0.1) is 6.92 Å². The van der Waals surface area contributed by atoms with Crippen molar-refractivity contribution in [2.75, 3.05) is 29.9 Å². The first-order valence-electron chi connectivity index (χ1n) is 10.5. The Kier molecular flexibility index (Phi) is 6.04. The number of aryl methyl sites for hydroxylation is 1. The van der Waals surface area contributed by atoms with E-state index in [1.54, 1.807) is 61.6 Å². The van der Waals surface area contributed by atoms with Crippen molar-refractivity contribution >= 4 is 35.0 Å². The van der Waals surface area contributed by atoms with Gasteiger partial charge in [0.05, 0.1) is 11.1 Å². The van der Waals surface area contributed by atoms with Crippen LogP contribution in [0.15, 0.2) is 78.9 Å². The Balaban J connectivity index is 1.56. The van der Waals surface area contributed by atoms with Gasteiger partial charge in [-0.05, 0) is 43.3 Å². The number of fused-ring (bicyclic) bond motifs is 1. The summed E-state index contributed by atoms with van der Waals surface area (Å²) < 4.78 is 0. The topological polar surface area (TPSA) is 78.0 Å². The molecule has 7 nitrogen and oxygen atoms in total. The second-order valence-corrected chi connectivity index (χ2v) is 7.85. The molecule has 0 aliphatic carbocycles. The standard InChI is InChI=1S/C26H23N3O4/c1-18-12-14-19(15-13-18)27(2)23(30)16-28(20-8-4-3-5-9-20)24(31)17-29-25(32)21-10-6-7-11-22(21)26(29)33/h3-15H,16-17H2,1-2H3. The molecule has 0 aromatic heterocycles. The van der Waals surface area contributed by atoms with Crippen LogP contribution in [-0.2, 0) is 9.59 Å². The molecule has 0 fully saturated rings. The molecule has 0 atom stereocenters. The zero-order valence-electron chi connectivity index (χ0n) is 18.4. The fourth-order valence-electron chi connectivity index (χ4n) is 3.69. The second kappa shape index (κ2) is 9.08. The lowest BCUT2D eigenvalue weighted by atomic mass is 10.1. The van der Waals surface area contributed by atoms with Crippen LogP contribution in [0.1, 0.15) is 26.3 Å². The maximum absolute atomic E-state index is 13.3. The summed E-state index contributed by atoms with van der Waals surface area (Å²) >= 11 is 0. The average Bonchev–Trinajstić information content (AvgIpc) is 3.08. The van der Waals surface area contributed by atoms with Crippen molar-refractivity contribution in [1.29, 1.82) is 0 Å². The first kappa shape index (κ1) is 22.0. The van der Waals surface area contributed by atoms with E-state index in [1.165, 1.54) is 9.80 Å². The van der Waals surface area contributed by atoms with E-state index in [2.05, 4.69) is 0 Å². The highest BCUT2D eigenvalue weighted by molar-refractivity contribution is 6.23. The molecule has 0 unspecified atom stereocenters. The van der Waals surface area contributed by atoms with Crippen LogP contribution in [0.4, 0.5) is 11.4 Å². The summed E-state index contributed by atoms with van der Waals surface area (Å²) in [6.07, 6.45) is 0. The quantitative estimate of drug-likeness (QED) is 0.550. The molecule has 1 heterocycles. The Bertz CT molecular complexity index is 1190. The fourth-order valence-corrected chi connectivity index (χ4v) is 3.69. The lowest BCUT2D eigenvalue weighted by molar-refractivity contribution is -0.122. The number of imide groups is 1. The summed E-state index contributed by atoms with van der Waals surface area (Å²) in [5, 5.41) is 0. The third-order valence-corrected chi connectivity index (χ3v) is 5.63. The lowest BCUT2D eigenvalue weighted by Crippen LogP contribution is -2.47. The van der Waals surface area contributed by atoms with E-state index in [9.17, 15) is 19.2 Å². The first-order valence-corrected chi connectivity index (χ1v) is 10.5. The van der Waals surface area contributed by atoms with Gasteiger partial charge in [-0.25, -0.2) is 0 Å². The number of likely N-dealkylation sites (N-methyl/N-ethyl adjacent to an activating group) is 1. The van der Waals surface area contributed by atoms with E-state index in [-0.39, 0.29) is 23.6 Å². The summed E-state index contributed by atoms with van der Waals surface area (Å²) in [4.78, 5) is 55.5. The Hall–Kier alpha value is -4.26. The number of benzene rings is 3. The van der Waals surface area contributed by atoms with Crippen molar-refractivity contribution in [2.45, 2.75) is 6.92 Å². The number of carbonyl (C=O) groups excluding carboxylic acids is 4.